The van der Waals surface area contributed by atoms with E-state index in [1.165, 1.54) is 17.5 Å². The standard InChI is InChI=1S/C16H25NO2/c1-3-8-17(9-10-18)15-6-4-13-5-7-16(19-2)12-14(13)11-15/h5,7,12,15,18H,3-4,6,8-11H2,1-2H3. The zero-order valence-corrected chi connectivity index (χ0v) is 12.1. The number of hydrogen-bond acceptors (Lipinski definition) is 3. The molecule has 1 aromatic carbocycles. The summed E-state index contributed by atoms with van der Waals surface area (Å²) in [6.07, 6.45) is 4.54. The van der Waals surface area contributed by atoms with E-state index in [-0.39, 0.29) is 6.61 Å². The third-order valence-electron chi connectivity index (χ3n) is 4.03. The van der Waals surface area contributed by atoms with Gasteiger partial charge in [-0.2, -0.15) is 0 Å². The largest absolute Gasteiger partial charge is 0.497 e. The summed E-state index contributed by atoms with van der Waals surface area (Å²) < 4.78 is 5.32. The average Bonchev–Trinajstić information content (AvgIpc) is 2.46. The number of nitrogens with zero attached hydrogens (tertiary/aromatic N) is 1. The van der Waals surface area contributed by atoms with Gasteiger partial charge in [0.25, 0.3) is 0 Å². The van der Waals surface area contributed by atoms with Crippen LogP contribution in [0.2, 0.25) is 0 Å². The van der Waals surface area contributed by atoms with Crippen LogP contribution in [0.1, 0.15) is 30.9 Å². The van der Waals surface area contributed by atoms with Crippen molar-refractivity contribution in [2.24, 2.45) is 0 Å². The Kier molecular flexibility index (Phi) is 5.23. The van der Waals surface area contributed by atoms with E-state index in [2.05, 4.69) is 30.0 Å². The summed E-state index contributed by atoms with van der Waals surface area (Å²) in [6.45, 7) is 4.31. The third kappa shape index (κ3) is 3.48. The maximum Gasteiger partial charge on any atom is 0.119 e. The Morgan fingerprint density at radius 3 is 2.84 bits per heavy atom. The molecule has 1 N–H and O–H groups in total. The summed E-state index contributed by atoms with van der Waals surface area (Å²) in [5.41, 5.74) is 2.87. The predicted molar refractivity (Wildman–Crippen MR) is 77.8 cm³/mol. The molecule has 1 aromatic rings. The van der Waals surface area contributed by atoms with Gasteiger partial charge in [0.05, 0.1) is 13.7 Å². The van der Waals surface area contributed by atoms with Crippen LogP contribution in [0, 0.1) is 0 Å². The topological polar surface area (TPSA) is 32.7 Å². The SMILES string of the molecule is CCCN(CCO)C1CCc2ccc(OC)cc2C1. The van der Waals surface area contributed by atoms with E-state index >= 15 is 0 Å². The molecule has 0 saturated heterocycles. The minimum Gasteiger partial charge on any atom is -0.497 e. The maximum absolute atomic E-state index is 9.21. The van der Waals surface area contributed by atoms with Gasteiger partial charge in [-0.15, -0.1) is 0 Å². The number of rotatable bonds is 6. The van der Waals surface area contributed by atoms with Gasteiger partial charge in [0, 0.05) is 12.6 Å². The van der Waals surface area contributed by atoms with Gasteiger partial charge in [-0.05, 0) is 55.5 Å². The Balaban J connectivity index is 2.10. The Labute approximate surface area is 116 Å². The molecular formula is C16H25NO2. The quantitative estimate of drug-likeness (QED) is 0.854. The van der Waals surface area contributed by atoms with Crippen LogP contribution in [0.4, 0.5) is 0 Å². The van der Waals surface area contributed by atoms with Crippen LogP contribution in [-0.4, -0.2) is 42.9 Å². The molecule has 1 unspecified atom stereocenters. The molecular weight excluding hydrogens is 238 g/mol. The monoisotopic (exact) mass is 263 g/mol. The van der Waals surface area contributed by atoms with Crippen molar-refractivity contribution in [3.05, 3.63) is 29.3 Å². The molecule has 1 atom stereocenters. The summed E-state index contributed by atoms with van der Waals surface area (Å²) in [5.74, 6) is 0.948. The van der Waals surface area contributed by atoms with Gasteiger partial charge in [-0.25, -0.2) is 0 Å². The fraction of sp³-hybridized carbons (Fsp3) is 0.625. The number of benzene rings is 1. The zero-order valence-electron chi connectivity index (χ0n) is 12.1. The van der Waals surface area contributed by atoms with Gasteiger partial charge in [0.1, 0.15) is 5.75 Å². The molecule has 3 heteroatoms. The van der Waals surface area contributed by atoms with Gasteiger partial charge in [0.2, 0.25) is 0 Å². The maximum atomic E-state index is 9.21. The first kappa shape index (κ1) is 14.4. The molecule has 2 rings (SSSR count). The number of ether oxygens (including phenoxy) is 1. The molecule has 0 saturated carbocycles. The number of aryl methyl sites for hydroxylation is 1. The molecule has 0 bridgehead atoms. The predicted octanol–water partition coefficient (Wildman–Crippen LogP) is 2.26. The van der Waals surface area contributed by atoms with E-state index in [1.54, 1.807) is 7.11 Å². The first-order valence-corrected chi connectivity index (χ1v) is 7.29. The number of fused-ring (bicyclic) bond motifs is 1. The second kappa shape index (κ2) is 6.92. The molecule has 0 fully saturated rings. The Morgan fingerprint density at radius 1 is 1.32 bits per heavy atom. The van der Waals surface area contributed by atoms with Gasteiger partial charge in [-0.1, -0.05) is 13.0 Å². The van der Waals surface area contributed by atoms with E-state index in [9.17, 15) is 5.11 Å². The van der Waals surface area contributed by atoms with Crippen molar-refractivity contribution in [2.45, 2.75) is 38.6 Å². The molecule has 0 spiro atoms. The van der Waals surface area contributed by atoms with Crippen molar-refractivity contribution in [3.8, 4) is 5.75 Å². The molecule has 1 aliphatic rings. The fourth-order valence-electron chi connectivity index (χ4n) is 3.05. The summed E-state index contributed by atoms with van der Waals surface area (Å²) in [5, 5.41) is 9.21. The minimum absolute atomic E-state index is 0.251. The van der Waals surface area contributed by atoms with Crippen LogP contribution < -0.4 is 4.74 Å². The molecule has 0 amide bonds. The van der Waals surface area contributed by atoms with Crippen LogP contribution in [0.3, 0.4) is 0 Å². The third-order valence-corrected chi connectivity index (χ3v) is 4.03. The van der Waals surface area contributed by atoms with E-state index in [0.29, 0.717) is 6.04 Å². The molecule has 0 aliphatic heterocycles. The molecule has 0 aromatic heterocycles. The number of methoxy groups -OCH3 is 1. The second-order valence-electron chi connectivity index (χ2n) is 5.29. The Morgan fingerprint density at radius 2 is 2.16 bits per heavy atom. The molecule has 1 aliphatic carbocycles. The second-order valence-corrected chi connectivity index (χ2v) is 5.29. The number of aliphatic hydroxyl groups is 1. The van der Waals surface area contributed by atoms with E-state index in [1.807, 2.05) is 0 Å². The highest BCUT2D eigenvalue weighted by molar-refractivity contribution is 5.37. The molecule has 3 nitrogen and oxygen atoms in total. The lowest BCUT2D eigenvalue weighted by Gasteiger charge is -2.34. The highest BCUT2D eigenvalue weighted by Gasteiger charge is 2.23. The van der Waals surface area contributed by atoms with Gasteiger partial charge in [-0.3, -0.25) is 4.90 Å². The summed E-state index contributed by atoms with van der Waals surface area (Å²) in [6, 6.07) is 6.98. The molecule has 0 heterocycles. The van der Waals surface area contributed by atoms with Crippen molar-refractivity contribution in [2.75, 3.05) is 26.8 Å². The lowest BCUT2D eigenvalue weighted by molar-refractivity contribution is 0.140. The zero-order chi connectivity index (χ0) is 13.7. The van der Waals surface area contributed by atoms with Gasteiger partial charge in [0.15, 0.2) is 0 Å². The van der Waals surface area contributed by atoms with Crippen LogP contribution in [-0.2, 0) is 12.8 Å². The Bertz CT molecular complexity index is 400. The van der Waals surface area contributed by atoms with Crippen LogP contribution in [0.15, 0.2) is 18.2 Å². The smallest absolute Gasteiger partial charge is 0.119 e. The summed E-state index contributed by atoms with van der Waals surface area (Å²) in [7, 11) is 1.72. The van der Waals surface area contributed by atoms with Crippen molar-refractivity contribution in [3.63, 3.8) is 0 Å². The first-order chi connectivity index (χ1) is 9.28. The van der Waals surface area contributed by atoms with Crippen LogP contribution >= 0.6 is 0 Å². The Hall–Kier alpha value is -1.06. The van der Waals surface area contributed by atoms with Gasteiger partial charge >= 0.3 is 0 Å². The van der Waals surface area contributed by atoms with E-state index in [4.69, 9.17) is 4.74 Å². The first-order valence-electron chi connectivity index (χ1n) is 7.29. The normalized spacial score (nSPS) is 18.4. The summed E-state index contributed by atoms with van der Waals surface area (Å²) in [4.78, 5) is 2.43. The van der Waals surface area contributed by atoms with Gasteiger partial charge < -0.3 is 9.84 Å². The van der Waals surface area contributed by atoms with Crippen LogP contribution in [0.5, 0.6) is 5.75 Å². The minimum atomic E-state index is 0.251. The van der Waals surface area contributed by atoms with E-state index in [0.717, 1.165) is 38.1 Å². The molecule has 106 valence electrons. The molecule has 19 heavy (non-hydrogen) atoms. The van der Waals surface area contributed by atoms with E-state index < -0.39 is 0 Å². The highest BCUT2D eigenvalue weighted by atomic mass is 16.5. The highest BCUT2D eigenvalue weighted by Crippen LogP contribution is 2.27. The van der Waals surface area contributed by atoms with Crippen LogP contribution in [0.25, 0.3) is 0 Å². The lowest BCUT2D eigenvalue weighted by Crippen LogP contribution is -2.41. The van der Waals surface area contributed by atoms with Crippen molar-refractivity contribution < 1.29 is 9.84 Å². The number of aliphatic hydroxyl groups excluding tert-OH is 1. The average molecular weight is 263 g/mol. The van der Waals surface area contributed by atoms with Crippen molar-refractivity contribution >= 4 is 0 Å². The summed E-state index contributed by atoms with van der Waals surface area (Å²) >= 11 is 0. The lowest BCUT2D eigenvalue weighted by atomic mass is 9.87. The van der Waals surface area contributed by atoms with Crippen molar-refractivity contribution in [1.29, 1.82) is 0 Å². The number of hydrogen-bond donors (Lipinski definition) is 1. The fourth-order valence-corrected chi connectivity index (χ4v) is 3.05. The van der Waals surface area contributed by atoms with Crippen molar-refractivity contribution in [1.82, 2.24) is 4.90 Å². The molecule has 0 radical (unpaired) electrons.